The number of aromatic amines is 1. The van der Waals surface area contributed by atoms with Crippen LogP contribution in [-0.2, 0) is 16.3 Å². The number of guanidine groups is 1. The van der Waals surface area contributed by atoms with Gasteiger partial charge in [-0.25, -0.2) is 12.8 Å². The van der Waals surface area contributed by atoms with E-state index in [0.717, 1.165) is 22.9 Å². The maximum Gasteiger partial charge on any atom is 0.190 e. The molecular formula is C17H24FIN4O2S. The van der Waals surface area contributed by atoms with Gasteiger partial charge in [-0.2, -0.15) is 0 Å². The lowest BCUT2D eigenvalue weighted by molar-refractivity contribution is 0.567. The van der Waals surface area contributed by atoms with Gasteiger partial charge >= 0.3 is 0 Å². The molecule has 1 aromatic heterocycles. The van der Waals surface area contributed by atoms with Crippen LogP contribution in [0.3, 0.4) is 0 Å². The maximum atomic E-state index is 13.2. The van der Waals surface area contributed by atoms with Crippen molar-refractivity contribution in [1.29, 1.82) is 0 Å². The molecule has 1 aliphatic rings. The van der Waals surface area contributed by atoms with Gasteiger partial charge in [0, 0.05) is 37.2 Å². The van der Waals surface area contributed by atoms with Gasteiger partial charge in [0.15, 0.2) is 15.8 Å². The summed E-state index contributed by atoms with van der Waals surface area (Å²) >= 11 is 0. The summed E-state index contributed by atoms with van der Waals surface area (Å²) in [5.74, 6) is 1.09. The van der Waals surface area contributed by atoms with Crippen molar-refractivity contribution in [2.75, 3.05) is 31.6 Å². The zero-order chi connectivity index (χ0) is 17.9. The van der Waals surface area contributed by atoms with Crippen molar-refractivity contribution in [1.82, 2.24) is 15.6 Å². The molecule has 9 heteroatoms. The molecule has 1 saturated heterocycles. The van der Waals surface area contributed by atoms with Crippen LogP contribution in [0.15, 0.2) is 29.4 Å². The fourth-order valence-corrected chi connectivity index (χ4v) is 5.04. The quantitative estimate of drug-likeness (QED) is 0.338. The lowest BCUT2D eigenvalue weighted by atomic mass is 10.1. The molecule has 1 aliphatic heterocycles. The van der Waals surface area contributed by atoms with Gasteiger partial charge in [-0.05, 0) is 42.5 Å². The number of nitrogens with one attached hydrogen (secondary N) is 3. The van der Waals surface area contributed by atoms with Gasteiger partial charge in [0.2, 0.25) is 0 Å². The van der Waals surface area contributed by atoms with E-state index in [9.17, 15) is 12.8 Å². The van der Waals surface area contributed by atoms with E-state index >= 15 is 0 Å². The van der Waals surface area contributed by atoms with Crippen molar-refractivity contribution in [2.24, 2.45) is 10.9 Å². The van der Waals surface area contributed by atoms with Crippen molar-refractivity contribution >= 4 is 50.7 Å². The molecule has 1 unspecified atom stereocenters. The van der Waals surface area contributed by atoms with E-state index in [1.54, 1.807) is 13.1 Å². The molecule has 144 valence electrons. The third kappa shape index (κ3) is 5.32. The molecule has 0 bridgehead atoms. The average molecular weight is 494 g/mol. The monoisotopic (exact) mass is 494 g/mol. The number of fused-ring (bicyclic) bond motifs is 1. The second kappa shape index (κ2) is 9.03. The fraction of sp³-hybridized carbons (Fsp3) is 0.471. The summed E-state index contributed by atoms with van der Waals surface area (Å²) in [6, 6.07) is 4.73. The highest BCUT2D eigenvalue weighted by Gasteiger charge is 2.27. The van der Waals surface area contributed by atoms with Gasteiger partial charge in [0.05, 0.1) is 11.5 Å². The Kier molecular flexibility index (Phi) is 7.27. The number of sulfone groups is 1. The van der Waals surface area contributed by atoms with Gasteiger partial charge < -0.3 is 15.6 Å². The molecule has 6 nitrogen and oxygen atoms in total. The van der Waals surface area contributed by atoms with E-state index in [2.05, 4.69) is 20.6 Å². The second-order valence-corrected chi connectivity index (χ2v) is 8.63. The summed E-state index contributed by atoms with van der Waals surface area (Å²) in [5, 5.41) is 7.44. The van der Waals surface area contributed by atoms with E-state index in [1.807, 2.05) is 6.20 Å². The minimum absolute atomic E-state index is 0. The average Bonchev–Trinajstić information content (AvgIpc) is 3.13. The Morgan fingerprint density at radius 3 is 2.88 bits per heavy atom. The molecule has 3 rings (SSSR count). The Balaban J connectivity index is 0.00000243. The zero-order valence-corrected chi connectivity index (χ0v) is 17.7. The number of aromatic nitrogens is 1. The molecule has 1 fully saturated rings. The number of benzene rings is 1. The van der Waals surface area contributed by atoms with Crippen molar-refractivity contribution in [3.63, 3.8) is 0 Å². The number of H-pyrrole nitrogens is 1. The van der Waals surface area contributed by atoms with Crippen molar-refractivity contribution in [3.05, 3.63) is 35.8 Å². The smallest absolute Gasteiger partial charge is 0.190 e. The molecule has 0 saturated carbocycles. The van der Waals surface area contributed by atoms with Crippen LogP contribution in [0.4, 0.5) is 4.39 Å². The van der Waals surface area contributed by atoms with E-state index in [-0.39, 0.29) is 47.2 Å². The van der Waals surface area contributed by atoms with Gasteiger partial charge in [0.1, 0.15) is 5.82 Å². The number of hydrogen-bond donors (Lipinski definition) is 3. The zero-order valence-electron chi connectivity index (χ0n) is 14.6. The summed E-state index contributed by atoms with van der Waals surface area (Å²) < 4.78 is 36.2. The van der Waals surface area contributed by atoms with Crippen LogP contribution in [0.1, 0.15) is 12.0 Å². The first kappa shape index (κ1) is 20.9. The Labute approximate surface area is 170 Å². The van der Waals surface area contributed by atoms with Crippen LogP contribution in [0.2, 0.25) is 0 Å². The molecule has 2 aromatic rings. The normalized spacial score (nSPS) is 19.3. The van der Waals surface area contributed by atoms with E-state index in [0.29, 0.717) is 25.5 Å². The molecule has 0 spiro atoms. The summed E-state index contributed by atoms with van der Waals surface area (Å²) in [7, 11) is -1.16. The first-order valence-electron chi connectivity index (χ1n) is 8.37. The molecule has 3 N–H and O–H groups in total. The van der Waals surface area contributed by atoms with Crippen LogP contribution < -0.4 is 10.6 Å². The van der Waals surface area contributed by atoms with E-state index in [4.69, 9.17) is 0 Å². The topological polar surface area (TPSA) is 86.3 Å². The van der Waals surface area contributed by atoms with Crippen molar-refractivity contribution < 1.29 is 12.8 Å². The largest absolute Gasteiger partial charge is 0.361 e. The standard InChI is InChI=1S/C17H23FN4O2S.HI/c1-19-17(22-9-12-5-7-25(23,24)11-12)20-6-4-13-10-21-16-8-14(18)2-3-15(13)16;/h2-3,8,10,12,21H,4-7,9,11H2,1H3,(H2,19,20,22);1H. The van der Waals surface area contributed by atoms with E-state index < -0.39 is 9.84 Å². The Bertz CT molecular complexity index is 882. The van der Waals surface area contributed by atoms with Crippen LogP contribution in [0.5, 0.6) is 0 Å². The molecule has 0 radical (unpaired) electrons. The van der Waals surface area contributed by atoms with Crippen LogP contribution in [0, 0.1) is 11.7 Å². The Morgan fingerprint density at radius 1 is 1.38 bits per heavy atom. The highest BCUT2D eigenvalue weighted by atomic mass is 127. The molecule has 2 heterocycles. The fourth-order valence-electron chi connectivity index (χ4n) is 3.18. The Morgan fingerprint density at radius 2 is 2.19 bits per heavy atom. The second-order valence-electron chi connectivity index (χ2n) is 6.40. The summed E-state index contributed by atoms with van der Waals surface area (Å²) in [6.07, 6.45) is 3.37. The highest BCUT2D eigenvalue weighted by molar-refractivity contribution is 14.0. The van der Waals surface area contributed by atoms with Gasteiger partial charge in [-0.3, -0.25) is 4.99 Å². The number of rotatable bonds is 5. The first-order chi connectivity index (χ1) is 12.0. The predicted molar refractivity (Wildman–Crippen MR) is 114 cm³/mol. The van der Waals surface area contributed by atoms with Gasteiger partial charge in [-0.1, -0.05) is 0 Å². The summed E-state index contributed by atoms with van der Waals surface area (Å²) in [5.41, 5.74) is 1.90. The molecule has 0 amide bonds. The molecule has 26 heavy (non-hydrogen) atoms. The number of hydrogen-bond acceptors (Lipinski definition) is 3. The van der Waals surface area contributed by atoms with Crippen molar-refractivity contribution in [3.8, 4) is 0 Å². The molecule has 1 atom stereocenters. The summed E-state index contributed by atoms with van der Waals surface area (Å²) in [4.78, 5) is 7.25. The number of halogens is 2. The van der Waals surface area contributed by atoms with Crippen LogP contribution in [-0.4, -0.2) is 51.0 Å². The third-order valence-corrected chi connectivity index (χ3v) is 6.36. The number of aliphatic imine (C=N–C) groups is 1. The Hall–Kier alpha value is -1.36. The SMILES string of the molecule is CN=C(NCCc1c[nH]c2cc(F)ccc12)NCC1CCS(=O)(=O)C1.I. The minimum atomic E-state index is -2.85. The predicted octanol–water partition coefficient (Wildman–Crippen LogP) is 2.07. The molecular weight excluding hydrogens is 470 g/mol. The van der Waals surface area contributed by atoms with Crippen LogP contribution in [0.25, 0.3) is 10.9 Å². The van der Waals surface area contributed by atoms with Crippen molar-refractivity contribution in [2.45, 2.75) is 12.8 Å². The molecule has 0 aliphatic carbocycles. The molecule has 1 aromatic carbocycles. The maximum absolute atomic E-state index is 13.2. The number of nitrogens with zero attached hydrogens (tertiary/aromatic N) is 1. The van der Waals surface area contributed by atoms with Crippen LogP contribution >= 0.6 is 24.0 Å². The lowest BCUT2D eigenvalue weighted by Gasteiger charge is -2.14. The van der Waals surface area contributed by atoms with Gasteiger partial charge in [-0.15, -0.1) is 24.0 Å². The summed E-state index contributed by atoms with van der Waals surface area (Å²) in [6.45, 7) is 1.28. The lowest BCUT2D eigenvalue weighted by Crippen LogP contribution is -2.40. The minimum Gasteiger partial charge on any atom is -0.361 e. The van der Waals surface area contributed by atoms with Gasteiger partial charge in [0.25, 0.3) is 0 Å². The highest BCUT2D eigenvalue weighted by Crippen LogP contribution is 2.19. The first-order valence-corrected chi connectivity index (χ1v) is 10.2. The third-order valence-electron chi connectivity index (χ3n) is 4.52. The van der Waals surface area contributed by atoms with E-state index in [1.165, 1.54) is 12.1 Å².